The summed E-state index contributed by atoms with van der Waals surface area (Å²) in [4.78, 5) is 3.19. The van der Waals surface area contributed by atoms with Gasteiger partial charge in [0.25, 0.3) is 0 Å². The summed E-state index contributed by atoms with van der Waals surface area (Å²) in [7, 11) is 0. The highest BCUT2D eigenvalue weighted by Crippen LogP contribution is 2.26. The van der Waals surface area contributed by atoms with Gasteiger partial charge in [-0.15, -0.1) is 5.11 Å². The number of hydrogen-bond donors (Lipinski definition) is 2. The van der Waals surface area contributed by atoms with Gasteiger partial charge in [0.2, 0.25) is 5.11 Å². The number of H-pyrrole nitrogens is 1. The molecule has 2 aromatic rings. The van der Waals surface area contributed by atoms with Crippen LogP contribution < -0.4 is 5.32 Å². The Hall–Kier alpha value is -1.75. The number of rotatable bonds is 1. The molecule has 1 aliphatic heterocycles. The summed E-state index contributed by atoms with van der Waals surface area (Å²) in [6.07, 6.45) is 1.79. The molecule has 0 amide bonds. The molecule has 5 heteroatoms. The molecule has 1 aliphatic rings. The molecular formula is C10H8N4S. The predicted octanol–water partition coefficient (Wildman–Crippen LogP) is 2.51. The zero-order valence-corrected chi connectivity index (χ0v) is 8.58. The van der Waals surface area contributed by atoms with E-state index < -0.39 is 0 Å². The highest BCUT2D eigenvalue weighted by molar-refractivity contribution is 7.80. The molecule has 2 heterocycles. The summed E-state index contributed by atoms with van der Waals surface area (Å²) in [6, 6.07) is 8.09. The van der Waals surface area contributed by atoms with Crippen LogP contribution in [0.25, 0.3) is 10.9 Å². The summed E-state index contributed by atoms with van der Waals surface area (Å²) in [5, 5.41) is 12.5. The molecule has 4 nitrogen and oxygen atoms in total. The van der Waals surface area contributed by atoms with E-state index in [1.54, 1.807) is 0 Å². The number of aromatic amines is 1. The van der Waals surface area contributed by atoms with E-state index in [4.69, 9.17) is 12.2 Å². The topological polar surface area (TPSA) is 52.5 Å². The van der Waals surface area contributed by atoms with E-state index in [-0.39, 0.29) is 6.17 Å². The fourth-order valence-electron chi connectivity index (χ4n) is 1.75. The van der Waals surface area contributed by atoms with Crippen LogP contribution >= 0.6 is 12.2 Å². The third-order valence-corrected chi connectivity index (χ3v) is 2.64. The lowest BCUT2D eigenvalue weighted by Gasteiger charge is -2.04. The highest BCUT2D eigenvalue weighted by Gasteiger charge is 2.19. The summed E-state index contributed by atoms with van der Waals surface area (Å²) in [5.74, 6) is 0. The first-order valence-electron chi connectivity index (χ1n) is 4.62. The van der Waals surface area contributed by atoms with Crippen molar-refractivity contribution < 1.29 is 0 Å². The zero-order chi connectivity index (χ0) is 10.3. The van der Waals surface area contributed by atoms with E-state index in [0.717, 1.165) is 16.5 Å². The van der Waals surface area contributed by atoms with Gasteiger partial charge in [-0.2, -0.15) is 5.11 Å². The Kier molecular flexibility index (Phi) is 1.78. The summed E-state index contributed by atoms with van der Waals surface area (Å²) in [5.41, 5.74) is 2.18. The van der Waals surface area contributed by atoms with Gasteiger partial charge < -0.3 is 10.3 Å². The van der Waals surface area contributed by atoms with Gasteiger partial charge in [0.1, 0.15) is 0 Å². The van der Waals surface area contributed by atoms with Gasteiger partial charge in [-0.05, 0) is 18.3 Å². The molecule has 0 bridgehead atoms. The number of azo groups is 1. The lowest BCUT2D eigenvalue weighted by molar-refractivity contribution is 0.710. The van der Waals surface area contributed by atoms with E-state index >= 15 is 0 Å². The number of hydrogen-bond acceptors (Lipinski definition) is 2. The van der Waals surface area contributed by atoms with E-state index in [1.807, 2.05) is 24.4 Å². The molecule has 0 saturated carbocycles. The molecule has 0 saturated heterocycles. The van der Waals surface area contributed by atoms with Crippen molar-refractivity contribution in [3.8, 4) is 0 Å². The van der Waals surface area contributed by atoms with Crippen LogP contribution in [0.4, 0.5) is 0 Å². The molecule has 0 spiro atoms. The third kappa shape index (κ3) is 1.32. The second kappa shape index (κ2) is 3.13. The standard InChI is InChI=1S/C10H8N4S/c15-10-12-9(13-14-10)7-5-11-8-4-2-1-3-6(7)8/h1-5,9,11H,(H,12,15). The molecule has 1 aromatic carbocycles. The Morgan fingerprint density at radius 1 is 1.27 bits per heavy atom. The molecule has 74 valence electrons. The smallest absolute Gasteiger partial charge is 0.215 e. The number of nitrogens with one attached hydrogen (secondary N) is 2. The number of fused-ring (bicyclic) bond motifs is 1. The second-order valence-electron chi connectivity index (χ2n) is 3.36. The fraction of sp³-hybridized carbons (Fsp3) is 0.100. The van der Waals surface area contributed by atoms with Gasteiger partial charge in [0.05, 0.1) is 0 Å². The Bertz CT molecular complexity index is 557. The monoisotopic (exact) mass is 216 g/mol. The van der Waals surface area contributed by atoms with Crippen molar-refractivity contribution in [1.82, 2.24) is 10.3 Å². The molecule has 0 fully saturated rings. The normalized spacial score (nSPS) is 19.7. The maximum Gasteiger partial charge on any atom is 0.215 e. The van der Waals surface area contributed by atoms with Gasteiger partial charge in [-0.1, -0.05) is 18.2 Å². The molecule has 3 rings (SSSR count). The lowest BCUT2D eigenvalue weighted by Crippen LogP contribution is -2.17. The number of thiocarbonyl (C=S) groups is 1. The quantitative estimate of drug-likeness (QED) is 0.719. The number of nitrogens with zero attached hydrogens (tertiary/aromatic N) is 2. The minimum Gasteiger partial charge on any atom is -0.361 e. The molecule has 15 heavy (non-hydrogen) atoms. The Labute approximate surface area is 91.4 Å². The van der Waals surface area contributed by atoms with Crippen LogP contribution in [0, 0.1) is 0 Å². The van der Waals surface area contributed by atoms with Crippen LogP contribution in [0.2, 0.25) is 0 Å². The largest absolute Gasteiger partial charge is 0.361 e. The van der Waals surface area contributed by atoms with Crippen LogP contribution in [0.5, 0.6) is 0 Å². The van der Waals surface area contributed by atoms with Crippen molar-refractivity contribution >= 4 is 28.2 Å². The number of para-hydroxylation sites is 1. The van der Waals surface area contributed by atoms with Gasteiger partial charge >= 0.3 is 0 Å². The van der Waals surface area contributed by atoms with Gasteiger partial charge in [0.15, 0.2) is 6.17 Å². The van der Waals surface area contributed by atoms with Crippen LogP contribution in [0.1, 0.15) is 11.7 Å². The average molecular weight is 216 g/mol. The molecule has 0 radical (unpaired) electrons. The molecule has 2 N–H and O–H groups in total. The molecule has 0 aliphatic carbocycles. The fourth-order valence-corrected chi connectivity index (χ4v) is 1.90. The van der Waals surface area contributed by atoms with Crippen LogP contribution in [0.3, 0.4) is 0 Å². The molecule has 1 unspecified atom stereocenters. The van der Waals surface area contributed by atoms with Crippen molar-refractivity contribution in [3.05, 3.63) is 36.0 Å². The Morgan fingerprint density at radius 3 is 2.93 bits per heavy atom. The van der Waals surface area contributed by atoms with Crippen molar-refractivity contribution in [2.75, 3.05) is 0 Å². The first-order chi connectivity index (χ1) is 7.34. The van der Waals surface area contributed by atoms with Crippen molar-refractivity contribution in [2.45, 2.75) is 6.17 Å². The van der Waals surface area contributed by atoms with Crippen LogP contribution in [0.15, 0.2) is 40.7 Å². The van der Waals surface area contributed by atoms with E-state index in [2.05, 4.69) is 26.6 Å². The van der Waals surface area contributed by atoms with Crippen molar-refractivity contribution in [3.63, 3.8) is 0 Å². The van der Waals surface area contributed by atoms with Crippen LogP contribution in [-0.2, 0) is 0 Å². The average Bonchev–Trinajstić information content (AvgIpc) is 2.83. The van der Waals surface area contributed by atoms with E-state index in [0.29, 0.717) is 5.11 Å². The second-order valence-corrected chi connectivity index (χ2v) is 3.74. The van der Waals surface area contributed by atoms with Gasteiger partial charge in [-0.3, -0.25) is 0 Å². The molecule has 1 aromatic heterocycles. The summed E-state index contributed by atoms with van der Waals surface area (Å²) < 4.78 is 0. The van der Waals surface area contributed by atoms with Gasteiger partial charge in [0, 0.05) is 22.7 Å². The maximum absolute atomic E-state index is 4.91. The summed E-state index contributed by atoms with van der Waals surface area (Å²) in [6.45, 7) is 0. The van der Waals surface area contributed by atoms with Crippen molar-refractivity contribution in [1.29, 1.82) is 0 Å². The minimum absolute atomic E-state index is 0.145. The zero-order valence-electron chi connectivity index (χ0n) is 7.77. The lowest BCUT2D eigenvalue weighted by atomic mass is 10.1. The van der Waals surface area contributed by atoms with Crippen LogP contribution in [-0.4, -0.2) is 10.1 Å². The third-order valence-electron chi connectivity index (χ3n) is 2.44. The Morgan fingerprint density at radius 2 is 2.13 bits per heavy atom. The summed E-state index contributed by atoms with van der Waals surface area (Å²) >= 11 is 4.91. The van der Waals surface area contributed by atoms with E-state index in [9.17, 15) is 0 Å². The maximum atomic E-state index is 4.91. The predicted molar refractivity (Wildman–Crippen MR) is 61.6 cm³/mol. The highest BCUT2D eigenvalue weighted by atomic mass is 32.1. The molecule has 1 atom stereocenters. The van der Waals surface area contributed by atoms with Crippen molar-refractivity contribution in [2.24, 2.45) is 10.2 Å². The van der Waals surface area contributed by atoms with E-state index in [1.165, 1.54) is 0 Å². The number of aromatic nitrogens is 1. The Balaban J connectivity index is 2.12. The van der Waals surface area contributed by atoms with Gasteiger partial charge in [-0.25, -0.2) is 0 Å². The first-order valence-corrected chi connectivity index (χ1v) is 5.03. The minimum atomic E-state index is -0.145. The first kappa shape index (κ1) is 8.55. The molecular weight excluding hydrogens is 208 g/mol. The number of benzene rings is 1. The SMILES string of the molecule is S=C1N=NC(c2c[nH]c3ccccc23)N1.